The molecule has 0 radical (unpaired) electrons. The molecule has 0 spiro atoms. The second-order valence-electron chi connectivity index (χ2n) is 17.7. The second kappa shape index (κ2) is 26.5. The zero-order valence-electron chi connectivity index (χ0n) is 38.9. The molecule has 2 saturated carbocycles. The van der Waals surface area contributed by atoms with E-state index in [4.69, 9.17) is 10.5 Å². The van der Waals surface area contributed by atoms with Crippen molar-refractivity contribution in [2.75, 3.05) is 4.90 Å². The molecular weight excluding hydrogens is 920 g/mol. The Labute approximate surface area is 406 Å². The smallest absolute Gasteiger partial charge is 0.231 e. The number of anilines is 1. The maximum atomic E-state index is 13.2. The zero-order chi connectivity index (χ0) is 46.3. The average molecular weight is 997 g/mol. The molecule has 352 valence electrons. The molecule has 2 aromatic rings. The summed E-state index contributed by atoms with van der Waals surface area (Å²) in [7, 11) is 0. The van der Waals surface area contributed by atoms with Crippen molar-refractivity contribution in [2.45, 2.75) is 147 Å². The molecule has 4 aliphatic carbocycles. The van der Waals surface area contributed by atoms with Gasteiger partial charge in [-0.2, -0.15) is 10.5 Å². The van der Waals surface area contributed by atoms with E-state index in [1.807, 2.05) is 109 Å². The minimum Gasteiger partial charge on any atom is -0.333 e. The summed E-state index contributed by atoms with van der Waals surface area (Å²) in [5.41, 5.74) is 5.03. The van der Waals surface area contributed by atoms with Gasteiger partial charge in [0.15, 0.2) is 11.6 Å². The summed E-state index contributed by atoms with van der Waals surface area (Å²) in [5.74, 6) is 1.58. The summed E-state index contributed by atoms with van der Waals surface area (Å²) in [6.45, 7) is 16.4. The molecule has 8 rings (SSSR count). The van der Waals surface area contributed by atoms with Crippen molar-refractivity contribution >= 4 is 51.7 Å². The van der Waals surface area contributed by atoms with Crippen LogP contribution in [0.25, 0.3) is 0 Å². The molecule has 2 amide bonds. The van der Waals surface area contributed by atoms with E-state index < -0.39 is 0 Å². The molecule has 2 aliphatic heterocycles. The molecule has 8 atom stereocenters. The van der Waals surface area contributed by atoms with Crippen LogP contribution in [-0.4, -0.2) is 23.4 Å². The minimum atomic E-state index is -0.304. The summed E-state index contributed by atoms with van der Waals surface area (Å²) in [4.78, 5) is 52.5. The van der Waals surface area contributed by atoms with Crippen molar-refractivity contribution < 1.29 is 19.2 Å². The van der Waals surface area contributed by atoms with Gasteiger partial charge in [0.1, 0.15) is 0 Å². The zero-order valence-corrected chi connectivity index (χ0v) is 41.0. The number of allylic oxidation sites excluding steroid dienone is 6. The summed E-state index contributed by atoms with van der Waals surface area (Å²) in [6, 6.07) is 24.5. The highest BCUT2D eigenvalue weighted by atomic mass is 127. The molecule has 6 aliphatic rings. The van der Waals surface area contributed by atoms with Crippen molar-refractivity contribution in [3.05, 3.63) is 111 Å². The van der Waals surface area contributed by atoms with Crippen LogP contribution in [0.4, 0.5) is 5.69 Å². The first-order chi connectivity index (χ1) is 30.3. The second-order valence-corrected chi connectivity index (χ2v) is 18.9. The number of amides is 2. The molecule has 9 heteroatoms. The normalized spacial score (nSPS) is 28.3. The largest absolute Gasteiger partial charge is 0.333 e. The lowest BCUT2D eigenvalue weighted by Crippen LogP contribution is -2.48. The van der Waals surface area contributed by atoms with Crippen molar-refractivity contribution in [1.82, 2.24) is 5.32 Å². The fourth-order valence-electron chi connectivity index (χ4n) is 11.3. The highest BCUT2D eigenvalue weighted by Crippen LogP contribution is 2.58. The van der Waals surface area contributed by atoms with Gasteiger partial charge in [0.25, 0.3) is 0 Å². The molecule has 0 unspecified atom stereocenters. The van der Waals surface area contributed by atoms with Gasteiger partial charge in [-0.05, 0) is 159 Å². The van der Waals surface area contributed by atoms with Crippen LogP contribution >= 0.6 is 22.6 Å². The molecule has 0 aromatic heterocycles. The number of rotatable bonds is 5. The van der Waals surface area contributed by atoms with Gasteiger partial charge in [0, 0.05) is 70.0 Å². The maximum absolute atomic E-state index is 13.2. The number of hydrogen-bond acceptors (Lipinski definition) is 6. The number of nitriles is 2. The lowest BCUT2D eigenvalue weighted by molar-refractivity contribution is -0.128. The Bertz CT molecular complexity index is 2130. The number of ketones is 2. The molecule has 0 bridgehead atoms. The van der Waals surface area contributed by atoms with E-state index in [-0.39, 0.29) is 66.8 Å². The predicted molar refractivity (Wildman–Crippen MR) is 275 cm³/mol. The minimum absolute atomic E-state index is 0. The Morgan fingerprint density at radius 3 is 1.58 bits per heavy atom. The fourth-order valence-corrected chi connectivity index (χ4v) is 11.7. The van der Waals surface area contributed by atoms with E-state index >= 15 is 0 Å². The first-order valence-electron chi connectivity index (χ1n) is 23.3. The van der Waals surface area contributed by atoms with Gasteiger partial charge in [-0.3, -0.25) is 24.1 Å². The van der Waals surface area contributed by atoms with E-state index in [1.54, 1.807) is 11.0 Å². The van der Waals surface area contributed by atoms with Crippen molar-refractivity contribution in [2.24, 2.45) is 46.3 Å². The Balaban J connectivity index is 0.000000360. The SMILES string of the molecule is C.C.CC.CC.CC1=CC(=O)[C@H]2[C@@H](CCC3=CN(c4ccccc4)C(=O)CC[C@@]32C)[C@@H]1CCC#N.CC1=CC(=O)[C@H]2[C@@H](CCC3=CNC(=O)CC[C@@]32C)[C@@H]1CCC#N.Ic1ccccc1. The lowest BCUT2D eigenvalue weighted by atomic mass is 9.52. The number of hydrogen-bond donors (Lipinski definition) is 1. The monoisotopic (exact) mass is 996 g/mol. The van der Waals surface area contributed by atoms with Crippen LogP contribution in [0.1, 0.15) is 147 Å². The number of para-hydroxylation sites is 1. The van der Waals surface area contributed by atoms with Crippen molar-refractivity contribution in [3.63, 3.8) is 0 Å². The van der Waals surface area contributed by atoms with Crippen LogP contribution < -0.4 is 10.2 Å². The number of halogens is 1. The van der Waals surface area contributed by atoms with Crippen LogP contribution in [-0.2, 0) is 19.2 Å². The fraction of sp³-hybridized carbons (Fsp3) is 0.536. The summed E-state index contributed by atoms with van der Waals surface area (Å²) < 4.78 is 1.29. The van der Waals surface area contributed by atoms with Crippen LogP contribution in [0.3, 0.4) is 0 Å². The van der Waals surface area contributed by atoms with Gasteiger partial charge in [-0.15, -0.1) is 0 Å². The van der Waals surface area contributed by atoms with Gasteiger partial charge in [-0.1, -0.05) is 104 Å². The van der Waals surface area contributed by atoms with Gasteiger partial charge in [-0.25, -0.2) is 0 Å². The quantitative estimate of drug-likeness (QED) is 0.297. The van der Waals surface area contributed by atoms with Crippen molar-refractivity contribution in [3.8, 4) is 12.1 Å². The van der Waals surface area contributed by atoms with Crippen LogP contribution in [0.15, 0.2) is 108 Å². The van der Waals surface area contributed by atoms with Gasteiger partial charge >= 0.3 is 0 Å². The first-order valence-corrected chi connectivity index (χ1v) is 24.4. The number of benzene rings is 2. The Hall–Kier alpha value is -4.61. The van der Waals surface area contributed by atoms with E-state index in [0.29, 0.717) is 49.9 Å². The summed E-state index contributed by atoms with van der Waals surface area (Å²) in [6.07, 6.45) is 16.3. The lowest BCUT2D eigenvalue weighted by Gasteiger charge is -2.51. The third-order valence-corrected chi connectivity index (χ3v) is 15.1. The summed E-state index contributed by atoms with van der Waals surface area (Å²) in [5, 5.41) is 20.9. The third-order valence-electron chi connectivity index (χ3n) is 14.3. The number of carbonyl (C=O) groups is 4. The van der Waals surface area contributed by atoms with Crippen LogP contribution in [0.5, 0.6) is 0 Å². The molecule has 2 aromatic carbocycles. The Morgan fingerprint density at radius 2 is 1.12 bits per heavy atom. The molecule has 2 heterocycles. The van der Waals surface area contributed by atoms with E-state index in [1.165, 1.54) is 14.7 Å². The molecular formula is C56H77IN4O4. The highest BCUT2D eigenvalue weighted by Gasteiger charge is 2.54. The molecule has 65 heavy (non-hydrogen) atoms. The van der Waals surface area contributed by atoms with Gasteiger partial charge < -0.3 is 5.32 Å². The van der Waals surface area contributed by atoms with Crippen LogP contribution in [0, 0.1) is 72.6 Å². The molecule has 0 saturated heterocycles. The Morgan fingerprint density at radius 1 is 0.677 bits per heavy atom. The topological polar surface area (TPSA) is 131 Å². The van der Waals surface area contributed by atoms with Gasteiger partial charge in [0.05, 0.1) is 12.1 Å². The number of nitrogens with one attached hydrogen (secondary N) is 1. The maximum Gasteiger partial charge on any atom is 0.231 e. The molecule has 1 N–H and O–H groups in total. The summed E-state index contributed by atoms with van der Waals surface area (Å²) >= 11 is 2.28. The standard InChI is InChI=1S/C25H28N2O2.C19H24N2O2.C6H5I.2C2H6.2CH4/c1-17-15-22(28)24-21(20(17)9-6-14-26)11-10-18-16-27(19-7-4-3-5-8-19)23(29)12-13-25(18,24)2;1-12-10-16(22)18-15(14(12)4-3-9-20)6-5-13-11-21-17(23)7-8-19(13,18)2;7-6-4-2-1-3-5-6;2*1-2;;/h3-5,7-8,15-16,20-21,24H,6,9-13H2,1-2H3;10-11,14-15,18H,3-8H2,1-2H3,(H,21,23);1-5H;2*1-2H3;2*1H4/t20-,21+,24-,25+;14-,15+,18-,19+;;;;;/m11...../s1. The highest BCUT2D eigenvalue weighted by molar-refractivity contribution is 14.1. The van der Waals surface area contributed by atoms with E-state index in [9.17, 15) is 19.2 Å². The number of fused-ring (bicyclic) bond motifs is 6. The van der Waals surface area contributed by atoms with E-state index in [2.05, 4.69) is 66.0 Å². The third kappa shape index (κ3) is 13.1. The van der Waals surface area contributed by atoms with Crippen LogP contribution in [0.2, 0.25) is 0 Å². The molecule has 2 fully saturated rings. The number of carbonyl (C=O) groups excluding carboxylic acids is 4. The van der Waals surface area contributed by atoms with Gasteiger partial charge in [0.2, 0.25) is 11.8 Å². The number of nitrogens with zero attached hydrogens (tertiary/aromatic N) is 3. The van der Waals surface area contributed by atoms with Crippen molar-refractivity contribution in [1.29, 1.82) is 10.5 Å². The average Bonchev–Trinajstić information content (AvgIpc) is 3.53. The first kappa shape index (κ1) is 56.5. The predicted octanol–water partition coefficient (Wildman–Crippen LogP) is 14.1. The van der Waals surface area contributed by atoms with E-state index in [0.717, 1.165) is 61.8 Å². The molecule has 8 nitrogen and oxygen atoms in total. The Kier molecular flexibility index (Phi) is 23.1.